The first-order chi connectivity index (χ1) is 6.50. The van der Waals surface area contributed by atoms with Crippen molar-refractivity contribution in [2.24, 2.45) is 5.73 Å². The van der Waals surface area contributed by atoms with Crippen LogP contribution in [0.2, 0.25) is 0 Å². The summed E-state index contributed by atoms with van der Waals surface area (Å²) in [5.74, 6) is -0.648. The number of alkyl halides is 2. The molecule has 0 aliphatic rings. The summed E-state index contributed by atoms with van der Waals surface area (Å²) in [6, 6.07) is 2.97. The fourth-order valence-corrected chi connectivity index (χ4v) is 1.10. The van der Waals surface area contributed by atoms with E-state index in [1.54, 1.807) is 0 Å². The smallest absolute Gasteiger partial charge is 0.240 e. The van der Waals surface area contributed by atoms with Crippen molar-refractivity contribution in [3.05, 3.63) is 23.8 Å². The van der Waals surface area contributed by atoms with E-state index in [2.05, 4.69) is 0 Å². The van der Waals surface area contributed by atoms with Crippen molar-refractivity contribution in [1.29, 1.82) is 0 Å². The lowest BCUT2D eigenvalue weighted by atomic mass is 10.0. The van der Waals surface area contributed by atoms with Gasteiger partial charge in [0.15, 0.2) is 11.5 Å². The molecule has 15 heavy (non-hydrogen) atoms. The maximum absolute atomic E-state index is 12.0. The number of rotatable bonds is 3. The van der Waals surface area contributed by atoms with Gasteiger partial charge in [-0.15, -0.1) is 12.4 Å². The zero-order chi connectivity index (χ0) is 10.7. The van der Waals surface area contributed by atoms with Gasteiger partial charge in [0.05, 0.1) is 0 Å². The second-order valence-corrected chi connectivity index (χ2v) is 2.98. The van der Waals surface area contributed by atoms with E-state index in [9.17, 15) is 8.78 Å². The molecule has 6 heteroatoms. The summed E-state index contributed by atoms with van der Waals surface area (Å²) in [6.45, 7) is 0. The number of benzene rings is 1. The van der Waals surface area contributed by atoms with Crippen molar-refractivity contribution in [2.75, 3.05) is 0 Å². The van der Waals surface area contributed by atoms with Gasteiger partial charge in [-0.3, -0.25) is 0 Å². The maximum Gasteiger partial charge on any atom is 0.240 e. The molecule has 0 amide bonds. The monoisotopic (exact) mass is 239 g/mol. The number of hydrogen-bond acceptors (Lipinski definition) is 3. The molecular formula is C9H12ClF2NO2. The molecule has 0 bridgehead atoms. The van der Waals surface area contributed by atoms with Crippen LogP contribution in [0.3, 0.4) is 0 Å². The van der Waals surface area contributed by atoms with Gasteiger partial charge >= 0.3 is 0 Å². The van der Waals surface area contributed by atoms with Crippen LogP contribution in [0.1, 0.15) is 18.0 Å². The molecule has 0 aliphatic carbocycles. The zero-order valence-corrected chi connectivity index (χ0v) is 8.55. The van der Waals surface area contributed by atoms with Crippen LogP contribution in [0.5, 0.6) is 11.5 Å². The summed E-state index contributed by atoms with van der Waals surface area (Å²) in [5, 5.41) is 18.1. The molecule has 0 saturated carbocycles. The topological polar surface area (TPSA) is 66.5 Å². The first kappa shape index (κ1) is 13.9. The molecule has 4 N–H and O–H groups in total. The Labute approximate surface area is 91.9 Å². The molecule has 0 saturated heterocycles. The van der Waals surface area contributed by atoms with Crippen LogP contribution in [0, 0.1) is 0 Å². The van der Waals surface area contributed by atoms with Crippen LogP contribution in [0.25, 0.3) is 0 Å². The van der Waals surface area contributed by atoms with Gasteiger partial charge in [0.1, 0.15) is 0 Å². The van der Waals surface area contributed by atoms with E-state index < -0.39 is 18.9 Å². The van der Waals surface area contributed by atoms with E-state index in [4.69, 9.17) is 15.9 Å². The number of phenols is 2. The highest BCUT2D eigenvalue weighted by Gasteiger charge is 2.14. The Morgan fingerprint density at radius 3 is 2.27 bits per heavy atom. The Balaban J connectivity index is 0.00000196. The number of hydrogen-bond donors (Lipinski definition) is 3. The van der Waals surface area contributed by atoms with Crippen molar-refractivity contribution >= 4 is 12.4 Å². The molecule has 0 unspecified atom stereocenters. The third-order valence-corrected chi connectivity index (χ3v) is 1.86. The average molecular weight is 240 g/mol. The summed E-state index contributed by atoms with van der Waals surface area (Å²) < 4.78 is 23.9. The summed E-state index contributed by atoms with van der Waals surface area (Å²) in [4.78, 5) is 0. The van der Waals surface area contributed by atoms with Crippen molar-refractivity contribution in [3.8, 4) is 11.5 Å². The van der Waals surface area contributed by atoms with Crippen LogP contribution in [-0.2, 0) is 0 Å². The van der Waals surface area contributed by atoms with E-state index >= 15 is 0 Å². The minimum atomic E-state index is -2.49. The minimum absolute atomic E-state index is 0. The molecule has 1 atom stereocenters. The third-order valence-electron chi connectivity index (χ3n) is 1.86. The van der Waals surface area contributed by atoms with Gasteiger partial charge in [-0.1, -0.05) is 6.07 Å². The minimum Gasteiger partial charge on any atom is -0.504 e. The van der Waals surface area contributed by atoms with Gasteiger partial charge in [-0.05, 0) is 17.7 Å². The molecule has 1 aromatic carbocycles. The molecule has 3 nitrogen and oxygen atoms in total. The second-order valence-electron chi connectivity index (χ2n) is 2.98. The highest BCUT2D eigenvalue weighted by Crippen LogP contribution is 2.28. The maximum atomic E-state index is 12.0. The van der Waals surface area contributed by atoms with Gasteiger partial charge in [0, 0.05) is 12.5 Å². The zero-order valence-electron chi connectivity index (χ0n) is 7.73. The Hall–Kier alpha value is -1.07. The van der Waals surface area contributed by atoms with Crippen LogP contribution in [0.15, 0.2) is 18.2 Å². The van der Waals surface area contributed by atoms with Crippen LogP contribution in [-0.4, -0.2) is 16.6 Å². The van der Waals surface area contributed by atoms with E-state index in [0.29, 0.717) is 5.56 Å². The van der Waals surface area contributed by atoms with E-state index in [1.165, 1.54) is 18.2 Å². The third kappa shape index (κ3) is 3.89. The Morgan fingerprint density at radius 1 is 1.20 bits per heavy atom. The molecule has 0 radical (unpaired) electrons. The molecule has 86 valence electrons. The Bertz CT molecular complexity index is 323. The van der Waals surface area contributed by atoms with Crippen molar-refractivity contribution < 1.29 is 19.0 Å². The van der Waals surface area contributed by atoms with Crippen molar-refractivity contribution in [3.63, 3.8) is 0 Å². The summed E-state index contributed by atoms with van der Waals surface area (Å²) in [5.41, 5.74) is 5.82. The lowest BCUT2D eigenvalue weighted by molar-refractivity contribution is 0.128. The molecular weight excluding hydrogens is 228 g/mol. The van der Waals surface area contributed by atoms with Crippen LogP contribution in [0.4, 0.5) is 8.78 Å². The second kappa shape index (κ2) is 5.72. The first-order valence-electron chi connectivity index (χ1n) is 4.06. The summed E-state index contributed by atoms with van der Waals surface area (Å²) in [7, 11) is 0. The fraction of sp³-hybridized carbons (Fsp3) is 0.333. The van der Waals surface area contributed by atoms with Gasteiger partial charge in [0.2, 0.25) is 6.43 Å². The number of nitrogens with two attached hydrogens (primary N) is 1. The quantitative estimate of drug-likeness (QED) is 0.709. The highest BCUT2D eigenvalue weighted by molar-refractivity contribution is 5.85. The average Bonchev–Trinajstić information content (AvgIpc) is 2.08. The number of aromatic hydroxyl groups is 2. The van der Waals surface area contributed by atoms with Gasteiger partial charge < -0.3 is 15.9 Å². The van der Waals surface area contributed by atoms with Crippen LogP contribution < -0.4 is 5.73 Å². The normalized spacial score (nSPS) is 12.3. The number of halogens is 3. The predicted octanol–water partition coefficient (Wildman–Crippen LogP) is 2.17. The van der Waals surface area contributed by atoms with Gasteiger partial charge in [-0.25, -0.2) is 8.78 Å². The van der Waals surface area contributed by atoms with E-state index in [1.807, 2.05) is 0 Å². The summed E-state index contributed by atoms with van der Waals surface area (Å²) >= 11 is 0. The molecule has 0 fully saturated rings. The fourth-order valence-electron chi connectivity index (χ4n) is 1.10. The highest BCUT2D eigenvalue weighted by atomic mass is 35.5. The SMILES string of the molecule is Cl.N[C@H](CC(F)F)c1ccc(O)c(O)c1. The summed E-state index contributed by atoms with van der Waals surface area (Å²) in [6.07, 6.45) is -2.95. The Morgan fingerprint density at radius 2 is 1.80 bits per heavy atom. The lowest BCUT2D eigenvalue weighted by Gasteiger charge is -2.11. The lowest BCUT2D eigenvalue weighted by Crippen LogP contribution is -2.13. The molecule has 0 spiro atoms. The molecule has 1 aromatic rings. The largest absolute Gasteiger partial charge is 0.504 e. The molecule has 0 heterocycles. The molecule has 0 aliphatic heterocycles. The first-order valence-corrected chi connectivity index (χ1v) is 4.06. The van der Waals surface area contributed by atoms with Crippen molar-refractivity contribution in [1.82, 2.24) is 0 Å². The van der Waals surface area contributed by atoms with E-state index in [0.717, 1.165) is 0 Å². The standard InChI is InChI=1S/C9H11F2NO2.ClH/c10-9(11)4-6(12)5-1-2-7(13)8(14)3-5;/h1-3,6,9,13-14H,4,12H2;1H/t6-;/m1./s1. The number of phenolic OH excluding ortho intramolecular Hbond substituents is 2. The van der Waals surface area contributed by atoms with Crippen molar-refractivity contribution in [2.45, 2.75) is 18.9 Å². The van der Waals surface area contributed by atoms with Gasteiger partial charge in [-0.2, -0.15) is 0 Å². The van der Waals surface area contributed by atoms with Crippen LogP contribution >= 0.6 is 12.4 Å². The Kier molecular flexibility index (Phi) is 5.32. The predicted molar refractivity (Wildman–Crippen MR) is 54.6 cm³/mol. The van der Waals surface area contributed by atoms with E-state index in [-0.39, 0.29) is 23.9 Å². The molecule has 1 rings (SSSR count). The van der Waals surface area contributed by atoms with Gasteiger partial charge in [0.25, 0.3) is 0 Å². The molecule has 0 aromatic heterocycles.